The molecule has 3 amide bonds. The summed E-state index contributed by atoms with van der Waals surface area (Å²) >= 11 is 0. The number of nitrogens with one attached hydrogen (secondary N) is 1. The average Bonchev–Trinajstić information content (AvgIpc) is 3.01. The summed E-state index contributed by atoms with van der Waals surface area (Å²) in [5.74, 6) is -3.32. The quantitative estimate of drug-likeness (QED) is 0.648. The molecule has 3 aliphatic rings. The summed E-state index contributed by atoms with van der Waals surface area (Å²) in [5.41, 5.74) is -0.568. The third kappa shape index (κ3) is 4.25. The highest BCUT2D eigenvalue weighted by molar-refractivity contribution is 6.10. The van der Waals surface area contributed by atoms with E-state index < -0.39 is 23.1 Å². The molecule has 4 rings (SSSR count). The Hall–Kier alpha value is -3.04. The molecule has 0 aliphatic carbocycles. The van der Waals surface area contributed by atoms with Crippen LogP contribution in [0.15, 0.2) is 18.2 Å². The predicted molar refractivity (Wildman–Crippen MR) is 120 cm³/mol. The van der Waals surface area contributed by atoms with E-state index in [0.717, 1.165) is 12.1 Å². The number of nitrogens with zero attached hydrogens (tertiary/aromatic N) is 3. The van der Waals surface area contributed by atoms with Gasteiger partial charge in [-0.1, -0.05) is 6.92 Å². The van der Waals surface area contributed by atoms with E-state index in [2.05, 4.69) is 5.32 Å². The maximum Gasteiger partial charge on any atom is 0.228 e. The second-order valence-corrected chi connectivity index (χ2v) is 9.77. The molecule has 10 heteroatoms. The van der Waals surface area contributed by atoms with Crippen LogP contribution in [0.1, 0.15) is 33.6 Å². The maximum atomic E-state index is 13.7. The molecule has 3 atom stereocenters. The van der Waals surface area contributed by atoms with E-state index in [-0.39, 0.29) is 48.3 Å². The number of halogens is 2. The molecule has 0 bridgehead atoms. The van der Waals surface area contributed by atoms with Crippen molar-refractivity contribution in [1.82, 2.24) is 15.1 Å². The zero-order valence-corrected chi connectivity index (χ0v) is 19.6. The normalized spacial score (nSPS) is 26.4. The van der Waals surface area contributed by atoms with Crippen molar-refractivity contribution in [1.29, 1.82) is 0 Å². The number of benzene rings is 1. The monoisotopic (exact) mass is 476 g/mol. The molecule has 3 fully saturated rings. The van der Waals surface area contributed by atoms with E-state index in [1.54, 1.807) is 16.7 Å². The van der Waals surface area contributed by atoms with Gasteiger partial charge in [-0.3, -0.25) is 19.2 Å². The Morgan fingerprint density at radius 1 is 1.12 bits per heavy atom. The second-order valence-electron chi connectivity index (χ2n) is 9.77. The highest BCUT2D eigenvalue weighted by Crippen LogP contribution is 2.38. The molecule has 3 heterocycles. The number of rotatable bonds is 5. The third-order valence-corrected chi connectivity index (χ3v) is 7.43. The Morgan fingerprint density at radius 2 is 1.82 bits per heavy atom. The molecule has 2 unspecified atom stereocenters. The van der Waals surface area contributed by atoms with Crippen LogP contribution in [-0.4, -0.2) is 77.6 Å². The summed E-state index contributed by atoms with van der Waals surface area (Å²) < 4.78 is 27.0. The summed E-state index contributed by atoms with van der Waals surface area (Å²) in [6.07, 6.45) is -0.0218. The first-order valence-corrected chi connectivity index (χ1v) is 11.6. The molecular formula is C24H30F2N4O4. The van der Waals surface area contributed by atoms with Gasteiger partial charge in [0.05, 0.1) is 6.42 Å². The fraction of sp³-hybridized carbons (Fsp3) is 0.583. The van der Waals surface area contributed by atoms with Crippen molar-refractivity contribution in [3.8, 4) is 0 Å². The van der Waals surface area contributed by atoms with E-state index in [1.165, 1.54) is 13.0 Å². The van der Waals surface area contributed by atoms with Gasteiger partial charge in [-0.2, -0.15) is 0 Å². The minimum atomic E-state index is -1.13. The summed E-state index contributed by atoms with van der Waals surface area (Å²) in [4.78, 5) is 55.2. The smallest absolute Gasteiger partial charge is 0.228 e. The summed E-state index contributed by atoms with van der Waals surface area (Å²) in [7, 11) is 0. The van der Waals surface area contributed by atoms with Crippen LogP contribution >= 0.6 is 0 Å². The Bertz CT molecular complexity index is 1030. The molecule has 1 N–H and O–H groups in total. The first-order chi connectivity index (χ1) is 16.0. The third-order valence-electron chi connectivity index (χ3n) is 7.43. The number of carbonyl (C=O) groups excluding carboxylic acids is 4. The van der Waals surface area contributed by atoms with Crippen LogP contribution in [-0.2, 0) is 19.2 Å². The van der Waals surface area contributed by atoms with Crippen molar-refractivity contribution in [2.75, 3.05) is 37.6 Å². The summed E-state index contributed by atoms with van der Waals surface area (Å²) in [6.45, 7) is 7.16. The number of piperazine rings is 1. The van der Waals surface area contributed by atoms with Gasteiger partial charge in [-0.15, -0.1) is 0 Å². The van der Waals surface area contributed by atoms with E-state index in [4.69, 9.17) is 0 Å². The predicted octanol–water partition coefficient (Wildman–Crippen LogP) is 1.33. The Balaban J connectivity index is 1.42. The van der Waals surface area contributed by atoms with Crippen molar-refractivity contribution in [2.45, 2.75) is 45.2 Å². The summed E-state index contributed by atoms with van der Waals surface area (Å²) in [6, 6.07) is 3.66. The van der Waals surface area contributed by atoms with Crippen molar-refractivity contribution >= 4 is 29.2 Å². The number of anilines is 1. The fourth-order valence-corrected chi connectivity index (χ4v) is 5.46. The van der Waals surface area contributed by atoms with Crippen LogP contribution in [0, 0.1) is 23.5 Å². The molecule has 34 heavy (non-hydrogen) atoms. The van der Waals surface area contributed by atoms with Crippen molar-refractivity contribution < 1.29 is 28.0 Å². The van der Waals surface area contributed by atoms with E-state index >= 15 is 0 Å². The summed E-state index contributed by atoms with van der Waals surface area (Å²) in [5, 5.41) is 2.84. The second kappa shape index (κ2) is 8.96. The van der Waals surface area contributed by atoms with Gasteiger partial charge in [0.2, 0.25) is 17.7 Å². The lowest BCUT2D eigenvalue weighted by atomic mass is 9.71. The van der Waals surface area contributed by atoms with Crippen LogP contribution in [0.5, 0.6) is 0 Å². The highest BCUT2D eigenvalue weighted by atomic mass is 19.2. The molecule has 3 aliphatic heterocycles. The van der Waals surface area contributed by atoms with Gasteiger partial charge >= 0.3 is 0 Å². The Kier molecular flexibility index (Phi) is 6.35. The molecule has 184 valence electrons. The maximum absolute atomic E-state index is 13.7. The molecule has 1 aromatic carbocycles. The average molecular weight is 477 g/mol. The number of carbonyl (C=O) groups is 4. The van der Waals surface area contributed by atoms with Gasteiger partial charge in [-0.25, -0.2) is 8.78 Å². The lowest BCUT2D eigenvalue weighted by molar-refractivity contribution is -0.144. The van der Waals surface area contributed by atoms with Gasteiger partial charge in [0.25, 0.3) is 0 Å². The number of hydrogen-bond donors (Lipinski definition) is 1. The number of Topliss-reactive ketones (excluding diaryl/α,β-unsaturated/α-hetero) is 1. The zero-order chi connectivity index (χ0) is 24.8. The number of amides is 3. The molecular weight excluding hydrogens is 446 g/mol. The van der Waals surface area contributed by atoms with Crippen LogP contribution in [0.2, 0.25) is 0 Å². The first-order valence-electron chi connectivity index (χ1n) is 11.6. The zero-order valence-electron chi connectivity index (χ0n) is 19.6. The highest BCUT2D eigenvalue weighted by Gasteiger charge is 2.56. The number of likely N-dealkylation sites (tertiary alicyclic amines) is 1. The van der Waals surface area contributed by atoms with Crippen LogP contribution in [0.3, 0.4) is 0 Å². The van der Waals surface area contributed by atoms with Crippen LogP contribution < -0.4 is 10.2 Å². The Morgan fingerprint density at radius 3 is 2.38 bits per heavy atom. The Labute approximate surface area is 197 Å². The van der Waals surface area contributed by atoms with Gasteiger partial charge in [0.1, 0.15) is 5.54 Å². The first kappa shape index (κ1) is 24.1. The minimum absolute atomic E-state index is 0.0832. The number of hydrogen-bond acceptors (Lipinski definition) is 5. The lowest BCUT2D eigenvalue weighted by Gasteiger charge is -2.49. The molecule has 0 spiro atoms. The van der Waals surface area contributed by atoms with E-state index in [1.807, 2.05) is 11.8 Å². The van der Waals surface area contributed by atoms with Gasteiger partial charge in [0, 0.05) is 69.3 Å². The lowest BCUT2D eigenvalue weighted by Crippen LogP contribution is -2.66. The fourth-order valence-electron chi connectivity index (χ4n) is 5.46. The number of ketones is 1. The van der Waals surface area contributed by atoms with Gasteiger partial charge in [-0.05, 0) is 25.5 Å². The molecule has 0 radical (unpaired) electrons. The topological polar surface area (TPSA) is 90.0 Å². The van der Waals surface area contributed by atoms with Crippen molar-refractivity contribution in [2.24, 2.45) is 11.8 Å². The van der Waals surface area contributed by atoms with Gasteiger partial charge < -0.3 is 20.0 Å². The SMILES string of the molecule is CC(=O)N1CC(C2(CC(C)C(=O)N3CCN(c4ccc(F)c(F)c4)[C@@H](C)C3)NC(=O)CC2=O)C1. The molecule has 0 aromatic heterocycles. The van der Waals surface area contributed by atoms with Crippen molar-refractivity contribution in [3.63, 3.8) is 0 Å². The largest absolute Gasteiger partial charge is 0.365 e. The van der Waals surface area contributed by atoms with Crippen molar-refractivity contribution in [3.05, 3.63) is 29.8 Å². The molecule has 3 saturated heterocycles. The van der Waals surface area contributed by atoms with Crippen LogP contribution in [0.25, 0.3) is 0 Å². The molecule has 0 saturated carbocycles. The molecule has 1 aromatic rings. The van der Waals surface area contributed by atoms with E-state index in [0.29, 0.717) is 38.4 Å². The molecule has 8 nitrogen and oxygen atoms in total. The minimum Gasteiger partial charge on any atom is -0.365 e. The van der Waals surface area contributed by atoms with Gasteiger partial charge in [0.15, 0.2) is 17.4 Å². The standard InChI is InChI=1S/C24H30F2N4O4/c1-14(10-24(21(32)9-22(33)27-24)17-12-29(13-17)16(3)31)23(34)28-6-7-30(15(2)11-28)18-4-5-19(25)20(26)8-18/h4-5,8,14-15,17H,6-7,9-13H2,1-3H3,(H,27,33)/t14?,15-,24?/m0/s1. The van der Waals surface area contributed by atoms with Crippen LogP contribution in [0.4, 0.5) is 14.5 Å². The van der Waals surface area contributed by atoms with E-state index in [9.17, 15) is 28.0 Å².